The summed E-state index contributed by atoms with van der Waals surface area (Å²) >= 11 is 3.23. The van der Waals surface area contributed by atoms with Crippen molar-refractivity contribution in [2.45, 2.75) is 6.10 Å². The van der Waals surface area contributed by atoms with Crippen molar-refractivity contribution in [1.29, 1.82) is 0 Å². The van der Waals surface area contributed by atoms with Crippen LogP contribution in [0.25, 0.3) is 0 Å². The molecule has 1 atom stereocenters. The molecular weight excluding hydrogens is 278 g/mol. The van der Waals surface area contributed by atoms with Gasteiger partial charge >= 0.3 is 0 Å². The van der Waals surface area contributed by atoms with E-state index in [4.69, 9.17) is 15.2 Å². The number of aromatic hydroxyl groups is 1. The van der Waals surface area contributed by atoms with Gasteiger partial charge in [-0.05, 0) is 6.07 Å². The number of ether oxygens (including phenoxy) is 2. The monoisotopic (exact) mass is 291 g/mol. The van der Waals surface area contributed by atoms with E-state index in [1.807, 2.05) is 0 Å². The second-order valence-corrected chi connectivity index (χ2v) is 3.96. The van der Waals surface area contributed by atoms with E-state index in [-0.39, 0.29) is 18.0 Å². The Bertz CT molecular complexity index is 384. The number of aliphatic hydroxyl groups excluding tert-OH is 1. The molecule has 0 amide bonds. The first-order valence-corrected chi connectivity index (χ1v) is 5.37. The van der Waals surface area contributed by atoms with Gasteiger partial charge in [0.15, 0.2) is 11.5 Å². The van der Waals surface area contributed by atoms with Crippen LogP contribution in [0.4, 0.5) is 0 Å². The van der Waals surface area contributed by atoms with Crippen molar-refractivity contribution >= 4 is 15.9 Å². The molecule has 0 saturated heterocycles. The van der Waals surface area contributed by atoms with Gasteiger partial charge in [-0.25, -0.2) is 0 Å². The van der Waals surface area contributed by atoms with E-state index in [1.54, 1.807) is 6.07 Å². The lowest BCUT2D eigenvalue weighted by atomic mass is 10.1. The average Bonchev–Trinajstić information content (AvgIpc) is 2.27. The van der Waals surface area contributed by atoms with Crippen LogP contribution in [0.1, 0.15) is 11.7 Å². The van der Waals surface area contributed by atoms with Crippen LogP contribution in [0.2, 0.25) is 0 Å². The number of phenolic OH excluding ortho intramolecular Hbond substituents is 1. The molecular formula is C10H14BrNO4. The van der Waals surface area contributed by atoms with Gasteiger partial charge in [-0.3, -0.25) is 0 Å². The molecule has 0 spiro atoms. The van der Waals surface area contributed by atoms with E-state index < -0.39 is 6.10 Å². The molecule has 1 rings (SSSR count). The minimum absolute atomic E-state index is 0.00163. The number of nitrogens with two attached hydrogens (primary N) is 1. The molecule has 4 N–H and O–H groups in total. The third kappa shape index (κ3) is 2.23. The first-order chi connectivity index (χ1) is 7.56. The number of hydrogen-bond acceptors (Lipinski definition) is 5. The zero-order valence-electron chi connectivity index (χ0n) is 9.03. The van der Waals surface area contributed by atoms with Crippen molar-refractivity contribution in [2.75, 3.05) is 20.8 Å². The molecule has 0 aliphatic carbocycles. The molecule has 1 unspecified atom stereocenters. The highest BCUT2D eigenvalue weighted by atomic mass is 79.9. The van der Waals surface area contributed by atoms with Crippen LogP contribution in [-0.4, -0.2) is 31.0 Å². The van der Waals surface area contributed by atoms with E-state index in [0.717, 1.165) is 0 Å². The zero-order chi connectivity index (χ0) is 12.3. The Balaban J connectivity index is 3.40. The number of hydrogen-bond donors (Lipinski definition) is 3. The second-order valence-electron chi connectivity index (χ2n) is 3.11. The summed E-state index contributed by atoms with van der Waals surface area (Å²) in [6.07, 6.45) is -0.964. The van der Waals surface area contributed by atoms with E-state index >= 15 is 0 Å². The van der Waals surface area contributed by atoms with Crippen LogP contribution < -0.4 is 15.2 Å². The molecule has 0 saturated carbocycles. The molecule has 5 nitrogen and oxygen atoms in total. The summed E-state index contributed by atoms with van der Waals surface area (Å²) in [5, 5.41) is 19.6. The lowest BCUT2D eigenvalue weighted by molar-refractivity contribution is 0.180. The Morgan fingerprint density at radius 3 is 2.50 bits per heavy atom. The van der Waals surface area contributed by atoms with Gasteiger partial charge in [0.2, 0.25) is 5.75 Å². The van der Waals surface area contributed by atoms with Gasteiger partial charge in [0.05, 0.1) is 20.3 Å². The third-order valence-electron chi connectivity index (χ3n) is 2.19. The van der Waals surface area contributed by atoms with Gasteiger partial charge in [0, 0.05) is 16.6 Å². The van der Waals surface area contributed by atoms with Crippen LogP contribution in [0.15, 0.2) is 10.5 Å². The number of rotatable bonds is 4. The Hall–Kier alpha value is -0.980. The largest absolute Gasteiger partial charge is 0.504 e. The predicted octanol–water partition coefficient (Wildman–Crippen LogP) is 1.16. The van der Waals surface area contributed by atoms with Crippen LogP contribution >= 0.6 is 15.9 Å². The quantitative estimate of drug-likeness (QED) is 0.775. The Morgan fingerprint density at radius 2 is 2.06 bits per heavy atom. The molecule has 0 aromatic heterocycles. The first-order valence-electron chi connectivity index (χ1n) is 4.58. The Kier molecular flexibility index (Phi) is 4.40. The maximum atomic E-state index is 9.93. The smallest absolute Gasteiger partial charge is 0.203 e. The molecule has 1 aromatic carbocycles. The van der Waals surface area contributed by atoms with Crippen molar-refractivity contribution in [3.8, 4) is 17.2 Å². The molecule has 1 aromatic rings. The lowest BCUT2D eigenvalue weighted by Crippen LogP contribution is -2.12. The van der Waals surface area contributed by atoms with E-state index in [0.29, 0.717) is 15.8 Å². The Morgan fingerprint density at radius 1 is 1.44 bits per heavy atom. The minimum Gasteiger partial charge on any atom is -0.504 e. The van der Waals surface area contributed by atoms with Crippen molar-refractivity contribution in [3.63, 3.8) is 0 Å². The second kappa shape index (κ2) is 5.38. The van der Waals surface area contributed by atoms with Crippen LogP contribution in [0.5, 0.6) is 17.2 Å². The van der Waals surface area contributed by atoms with Crippen LogP contribution in [0.3, 0.4) is 0 Å². The fourth-order valence-electron chi connectivity index (χ4n) is 1.39. The fraction of sp³-hybridized carbons (Fsp3) is 0.400. The highest BCUT2D eigenvalue weighted by Gasteiger charge is 2.22. The number of aliphatic hydroxyl groups is 1. The molecule has 0 fully saturated rings. The van der Waals surface area contributed by atoms with Gasteiger partial charge in [0.25, 0.3) is 0 Å². The van der Waals surface area contributed by atoms with Crippen molar-refractivity contribution in [2.24, 2.45) is 5.73 Å². The highest BCUT2D eigenvalue weighted by Crippen LogP contribution is 2.45. The third-order valence-corrected chi connectivity index (χ3v) is 2.85. The highest BCUT2D eigenvalue weighted by molar-refractivity contribution is 9.10. The zero-order valence-corrected chi connectivity index (χ0v) is 10.6. The summed E-state index contributed by atoms with van der Waals surface area (Å²) in [7, 11) is 2.87. The normalized spacial score (nSPS) is 12.3. The number of methoxy groups -OCH3 is 2. The van der Waals surface area contributed by atoms with Gasteiger partial charge in [-0.2, -0.15) is 0 Å². The first kappa shape index (κ1) is 13.1. The van der Waals surface area contributed by atoms with Gasteiger partial charge in [0.1, 0.15) is 0 Å². The summed E-state index contributed by atoms with van der Waals surface area (Å²) in [5.41, 5.74) is 5.64. The summed E-state index contributed by atoms with van der Waals surface area (Å²) in [5.74, 6) is 0.375. The fourth-order valence-corrected chi connectivity index (χ4v) is 2.05. The van der Waals surface area contributed by atoms with Crippen LogP contribution in [0, 0.1) is 0 Å². The van der Waals surface area contributed by atoms with Gasteiger partial charge in [-0.1, -0.05) is 15.9 Å². The molecule has 0 aliphatic rings. The molecule has 0 aliphatic heterocycles. The van der Waals surface area contributed by atoms with Crippen LogP contribution in [-0.2, 0) is 0 Å². The predicted molar refractivity (Wildman–Crippen MR) is 62.9 cm³/mol. The minimum atomic E-state index is -0.964. The van der Waals surface area contributed by atoms with Gasteiger partial charge < -0.3 is 25.4 Å². The molecule has 90 valence electrons. The summed E-state index contributed by atoms with van der Waals surface area (Å²) in [6, 6.07) is 1.60. The maximum absolute atomic E-state index is 9.93. The van der Waals surface area contributed by atoms with Crippen molar-refractivity contribution in [1.82, 2.24) is 0 Å². The maximum Gasteiger partial charge on any atom is 0.203 e. The van der Waals surface area contributed by atoms with E-state index in [1.165, 1.54) is 14.2 Å². The molecule has 0 heterocycles. The summed E-state index contributed by atoms with van der Waals surface area (Å²) < 4.78 is 10.6. The summed E-state index contributed by atoms with van der Waals surface area (Å²) in [4.78, 5) is 0. The lowest BCUT2D eigenvalue weighted by Gasteiger charge is -2.17. The van der Waals surface area contributed by atoms with Crippen molar-refractivity contribution < 1.29 is 19.7 Å². The topological polar surface area (TPSA) is 84.9 Å². The average molecular weight is 292 g/mol. The SMILES string of the molecule is COc1cc(Br)c(C(O)CN)c(O)c1OC. The van der Waals surface area contributed by atoms with Crippen molar-refractivity contribution in [3.05, 3.63) is 16.1 Å². The number of halogens is 1. The van der Waals surface area contributed by atoms with Gasteiger partial charge in [-0.15, -0.1) is 0 Å². The molecule has 0 radical (unpaired) electrons. The molecule has 6 heteroatoms. The van der Waals surface area contributed by atoms with E-state index in [2.05, 4.69) is 15.9 Å². The standard InChI is InChI=1S/C10H14BrNO4/c1-15-7-3-5(11)8(6(13)4-12)9(14)10(7)16-2/h3,6,13-14H,4,12H2,1-2H3. The summed E-state index contributed by atoms with van der Waals surface area (Å²) in [6.45, 7) is 0.00163. The Labute approximate surface area is 102 Å². The number of benzene rings is 1. The number of phenols is 1. The molecule has 16 heavy (non-hydrogen) atoms. The van der Waals surface area contributed by atoms with E-state index in [9.17, 15) is 10.2 Å². The molecule has 0 bridgehead atoms.